The minimum atomic E-state index is -0.0743. The molecule has 1 amide bonds. The van der Waals surface area contributed by atoms with Crippen LogP contribution in [0.1, 0.15) is 34.6 Å². The molecule has 1 aliphatic carbocycles. The lowest BCUT2D eigenvalue weighted by atomic mass is 9.66. The second-order valence-electron chi connectivity index (χ2n) is 10.6. The zero-order valence-corrected chi connectivity index (χ0v) is 22.6. The molecule has 190 valence electrons. The molecule has 1 aliphatic heterocycles. The van der Waals surface area contributed by atoms with E-state index in [1.165, 1.54) is 5.57 Å². The maximum absolute atomic E-state index is 13.1. The van der Waals surface area contributed by atoms with E-state index in [1.54, 1.807) is 11.8 Å². The zero-order valence-electron chi connectivity index (χ0n) is 21.8. The van der Waals surface area contributed by atoms with Crippen molar-refractivity contribution in [2.75, 3.05) is 45.0 Å². The van der Waals surface area contributed by atoms with Crippen molar-refractivity contribution in [3.05, 3.63) is 48.1 Å². The van der Waals surface area contributed by atoms with Crippen molar-refractivity contribution in [3.8, 4) is 0 Å². The fraction of sp³-hybridized carbons (Fsp3) is 0.571. The maximum atomic E-state index is 13.1. The van der Waals surface area contributed by atoms with Gasteiger partial charge in [-0.25, -0.2) is 4.98 Å². The van der Waals surface area contributed by atoms with Gasteiger partial charge in [-0.2, -0.15) is 0 Å². The third-order valence-electron chi connectivity index (χ3n) is 7.65. The number of hydrogen-bond acceptors (Lipinski definition) is 6. The molecular weight excluding hydrogens is 456 g/mol. The van der Waals surface area contributed by atoms with Gasteiger partial charge in [-0.3, -0.25) is 14.6 Å². The van der Waals surface area contributed by atoms with Gasteiger partial charge in [0.15, 0.2) is 5.58 Å². The summed E-state index contributed by atoms with van der Waals surface area (Å²) in [6.45, 7) is 16.4. The van der Waals surface area contributed by atoms with E-state index in [2.05, 4.69) is 72.9 Å². The van der Waals surface area contributed by atoms with Crippen LogP contribution in [0, 0.1) is 17.3 Å². The summed E-state index contributed by atoms with van der Waals surface area (Å²) in [4.78, 5) is 22.4. The largest absolute Gasteiger partial charge is 0.431 e. The quantitative estimate of drug-likeness (QED) is 0.502. The van der Waals surface area contributed by atoms with Gasteiger partial charge in [0, 0.05) is 43.9 Å². The first-order chi connectivity index (χ1) is 16.8. The summed E-state index contributed by atoms with van der Waals surface area (Å²) in [7, 11) is 0. The van der Waals surface area contributed by atoms with E-state index in [1.807, 2.05) is 24.3 Å². The van der Waals surface area contributed by atoms with E-state index in [0.717, 1.165) is 54.8 Å². The number of fused-ring (bicyclic) bond motifs is 1. The fourth-order valence-electron chi connectivity index (χ4n) is 4.96. The molecule has 1 aromatic heterocycles. The van der Waals surface area contributed by atoms with E-state index in [4.69, 9.17) is 4.42 Å². The molecular formula is C28H40N4O2S. The second kappa shape index (κ2) is 11.3. The predicted molar refractivity (Wildman–Crippen MR) is 145 cm³/mol. The van der Waals surface area contributed by atoms with Crippen molar-refractivity contribution < 1.29 is 9.21 Å². The Labute approximate surface area is 214 Å². The molecule has 2 heterocycles. The van der Waals surface area contributed by atoms with Gasteiger partial charge in [0.25, 0.3) is 5.22 Å². The number of aromatic nitrogens is 1. The summed E-state index contributed by atoms with van der Waals surface area (Å²) >= 11 is 1.67. The molecule has 2 unspecified atom stereocenters. The molecule has 2 aliphatic rings. The smallest absolute Gasteiger partial charge is 0.256 e. The first-order valence-corrected chi connectivity index (χ1v) is 13.9. The molecule has 0 spiro atoms. The number of rotatable bonds is 9. The van der Waals surface area contributed by atoms with Gasteiger partial charge >= 0.3 is 0 Å². The Morgan fingerprint density at radius 1 is 1.17 bits per heavy atom. The molecule has 1 saturated heterocycles. The lowest BCUT2D eigenvalue weighted by molar-refractivity contribution is -0.124. The van der Waals surface area contributed by atoms with E-state index in [0.29, 0.717) is 18.4 Å². The molecule has 2 atom stereocenters. The van der Waals surface area contributed by atoms with Crippen LogP contribution in [-0.2, 0) is 4.79 Å². The minimum absolute atomic E-state index is 0.0465. The number of para-hydroxylation sites is 2. The van der Waals surface area contributed by atoms with Crippen molar-refractivity contribution in [3.63, 3.8) is 0 Å². The molecule has 1 N–H and O–H groups in total. The summed E-state index contributed by atoms with van der Waals surface area (Å²) in [5, 5.41) is 4.15. The Balaban J connectivity index is 1.22. The number of nitrogens with one attached hydrogen (secondary N) is 1. The number of allylic oxidation sites excluding steroid dienone is 2. The van der Waals surface area contributed by atoms with Crippen LogP contribution in [-0.4, -0.2) is 71.8 Å². The van der Waals surface area contributed by atoms with E-state index in [9.17, 15) is 4.79 Å². The highest BCUT2D eigenvalue weighted by molar-refractivity contribution is 7.99. The van der Waals surface area contributed by atoms with Gasteiger partial charge in [0.2, 0.25) is 5.91 Å². The molecule has 2 aromatic rings. The van der Waals surface area contributed by atoms with Gasteiger partial charge < -0.3 is 9.73 Å². The van der Waals surface area contributed by atoms with Gasteiger partial charge in [-0.1, -0.05) is 76.7 Å². The van der Waals surface area contributed by atoms with Crippen LogP contribution in [0.25, 0.3) is 11.1 Å². The Bertz CT molecular complexity index is 1030. The summed E-state index contributed by atoms with van der Waals surface area (Å²) in [5.74, 6) is 1.91. The third-order valence-corrected chi connectivity index (χ3v) is 8.46. The van der Waals surface area contributed by atoms with Gasteiger partial charge in [-0.05, 0) is 29.5 Å². The Hall–Kier alpha value is -2.09. The van der Waals surface area contributed by atoms with Crippen molar-refractivity contribution in [1.29, 1.82) is 0 Å². The molecule has 7 heteroatoms. The number of benzene rings is 1. The molecule has 0 saturated carbocycles. The van der Waals surface area contributed by atoms with Crippen LogP contribution in [0.4, 0.5) is 0 Å². The number of thioether (sulfide) groups is 1. The first-order valence-electron chi connectivity index (χ1n) is 12.9. The number of piperazine rings is 1. The summed E-state index contributed by atoms with van der Waals surface area (Å²) in [6.07, 6.45) is 6.63. The fourth-order valence-corrected chi connectivity index (χ4v) is 5.80. The Morgan fingerprint density at radius 3 is 2.57 bits per heavy atom. The average Bonchev–Trinajstić information content (AvgIpc) is 3.24. The summed E-state index contributed by atoms with van der Waals surface area (Å²) < 4.78 is 5.80. The Morgan fingerprint density at radius 2 is 1.89 bits per heavy atom. The van der Waals surface area contributed by atoms with Gasteiger partial charge in [-0.15, -0.1) is 0 Å². The van der Waals surface area contributed by atoms with Crippen molar-refractivity contribution >= 4 is 28.8 Å². The maximum Gasteiger partial charge on any atom is 0.256 e. The number of carbonyl (C=O) groups is 1. The Kier molecular flexibility index (Phi) is 8.40. The molecule has 4 rings (SSSR count). The third kappa shape index (κ3) is 6.19. The molecule has 35 heavy (non-hydrogen) atoms. The van der Waals surface area contributed by atoms with Crippen molar-refractivity contribution in [1.82, 2.24) is 20.1 Å². The number of carbonyl (C=O) groups excluding carboxylic acids is 1. The van der Waals surface area contributed by atoms with Crippen molar-refractivity contribution in [2.24, 2.45) is 17.3 Å². The first kappa shape index (κ1) is 26.0. The number of oxazole rings is 1. The van der Waals surface area contributed by atoms with Crippen LogP contribution in [0.2, 0.25) is 0 Å². The SMILES string of the molecule is CC(C)C1=CC=CC(C)(C(C)C)C1NC(=O)CN1CCN(CCSc2nc3ccccc3o2)CC1. The molecule has 1 fully saturated rings. The van der Waals surface area contributed by atoms with E-state index >= 15 is 0 Å². The summed E-state index contributed by atoms with van der Waals surface area (Å²) in [6, 6.07) is 7.93. The molecule has 1 aromatic carbocycles. The topological polar surface area (TPSA) is 61.6 Å². The standard InChI is InChI=1S/C28H40N4O2S/c1-20(2)22-9-8-12-28(5,21(3)4)26(22)30-25(33)19-32-15-13-31(14-16-32)17-18-35-27-29-23-10-6-7-11-24(23)34-27/h6-12,20-21,26H,13-19H2,1-5H3,(H,30,33). The zero-order chi connectivity index (χ0) is 25.0. The highest BCUT2D eigenvalue weighted by Gasteiger charge is 2.40. The van der Waals surface area contributed by atoms with E-state index in [-0.39, 0.29) is 17.4 Å². The molecule has 6 nitrogen and oxygen atoms in total. The highest BCUT2D eigenvalue weighted by atomic mass is 32.2. The predicted octanol–water partition coefficient (Wildman–Crippen LogP) is 4.84. The van der Waals surface area contributed by atoms with Crippen LogP contribution >= 0.6 is 11.8 Å². The van der Waals surface area contributed by atoms with E-state index < -0.39 is 0 Å². The number of hydrogen-bond donors (Lipinski definition) is 1. The lowest BCUT2D eigenvalue weighted by Crippen LogP contribution is -2.55. The van der Waals surface area contributed by atoms with Crippen LogP contribution in [0.15, 0.2) is 57.7 Å². The minimum Gasteiger partial charge on any atom is -0.431 e. The molecule has 0 bridgehead atoms. The highest BCUT2D eigenvalue weighted by Crippen LogP contribution is 2.40. The normalized spacial score (nSPS) is 23.9. The monoisotopic (exact) mass is 496 g/mol. The van der Waals surface area contributed by atoms with Crippen LogP contribution in [0.5, 0.6) is 0 Å². The molecule has 0 radical (unpaired) electrons. The summed E-state index contributed by atoms with van der Waals surface area (Å²) in [5.41, 5.74) is 3.00. The number of nitrogens with zero attached hydrogens (tertiary/aromatic N) is 3. The number of amides is 1. The second-order valence-corrected chi connectivity index (χ2v) is 11.7. The van der Waals surface area contributed by atoms with Gasteiger partial charge in [0.05, 0.1) is 12.6 Å². The lowest BCUT2D eigenvalue weighted by Gasteiger charge is -2.44. The van der Waals surface area contributed by atoms with Crippen molar-refractivity contribution in [2.45, 2.75) is 45.9 Å². The average molecular weight is 497 g/mol. The van der Waals surface area contributed by atoms with Crippen LogP contribution < -0.4 is 5.32 Å². The van der Waals surface area contributed by atoms with Crippen LogP contribution in [0.3, 0.4) is 0 Å². The van der Waals surface area contributed by atoms with Gasteiger partial charge in [0.1, 0.15) is 5.52 Å².